The van der Waals surface area contributed by atoms with Crippen LogP contribution in [-0.2, 0) is 21.7 Å². The van der Waals surface area contributed by atoms with E-state index in [2.05, 4.69) is 492 Å². The van der Waals surface area contributed by atoms with Crippen LogP contribution in [0.25, 0.3) is 244 Å². The maximum Gasteiger partial charge on any atom is 0.160 e. The molecular formula is C138H98N10O. The molecule has 11 heteroatoms. The van der Waals surface area contributed by atoms with Gasteiger partial charge >= 0.3 is 0 Å². The summed E-state index contributed by atoms with van der Waals surface area (Å²) in [6, 6.07) is 161. The number of benzene rings is 19. The largest absolute Gasteiger partial charge is 0.456 e. The third-order valence-corrected chi connectivity index (χ3v) is 32.4. The van der Waals surface area contributed by atoms with Crippen LogP contribution in [0.15, 0.2) is 453 Å². The number of furan rings is 1. The van der Waals surface area contributed by atoms with Gasteiger partial charge in [-0.2, -0.15) is 0 Å². The number of rotatable bonds is 10. The van der Waals surface area contributed by atoms with Gasteiger partial charge in [0.05, 0.1) is 84.0 Å². The van der Waals surface area contributed by atoms with Crippen LogP contribution >= 0.6 is 0 Å². The third-order valence-electron chi connectivity index (χ3n) is 32.4. The van der Waals surface area contributed by atoms with Gasteiger partial charge in [-0.25, -0.2) is 29.9 Å². The lowest BCUT2D eigenvalue weighted by Crippen LogP contribution is -2.17. The Kier molecular flexibility index (Phi) is 19.3. The summed E-state index contributed by atoms with van der Waals surface area (Å²) in [5.41, 5.74) is 43.4. The molecule has 0 N–H and O–H groups in total. The van der Waals surface area contributed by atoms with Crippen molar-refractivity contribution in [2.24, 2.45) is 0 Å². The van der Waals surface area contributed by atoms with E-state index in [-0.39, 0.29) is 21.7 Å². The number of nitrogens with zero attached hydrogens (tertiary/aromatic N) is 10. The highest BCUT2D eigenvalue weighted by Gasteiger charge is 2.45. The van der Waals surface area contributed by atoms with Gasteiger partial charge in [0.15, 0.2) is 17.5 Å². The lowest BCUT2D eigenvalue weighted by Gasteiger charge is -2.22. The molecule has 4 aliphatic carbocycles. The van der Waals surface area contributed by atoms with Crippen LogP contribution in [0.5, 0.6) is 0 Å². The highest BCUT2D eigenvalue weighted by Crippen LogP contribution is 2.58. The van der Waals surface area contributed by atoms with Gasteiger partial charge in [0, 0.05) is 149 Å². The van der Waals surface area contributed by atoms with Crippen LogP contribution in [0.1, 0.15) is 100 Å². The lowest BCUT2D eigenvalue weighted by molar-refractivity contribution is 0.636. The van der Waals surface area contributed by atoms with E-state index in [0.29, 0.717) is 0 Å². The van der Waals surface area contributed by atoms with Gasteiger partial charge in [-0.15, -0.1) is 0 Å². The molecule has 149 heavy (non-hydrogen) atoms. The summed E-state index contributed by atoms with van der Waals surface area (Å²) in [6.45, 7) is 18.4. The molecule has 0 atom stereocenters. The summed E-state index contributed by atoms with van der Waals surface area (Å²) in [5, 5.41) is 12.2. The molecule has 0 fully saturated rings. The molecule has 0 amide bonds. The maximum atomic E-state index is 6.42. The predicted molar refractivity (Wildman–Crippen MR) is 614 cm³/mol. The zero-order chi connectivity index (χ0) is 99.6. The maximum absolute atomic E-state index is 6.42. The molecule has 4 aliphatic rings. The molecule has 8 heterocycles. The van der Waals surface area contributed by atoms with Crippen LogP contribution < -0.4 is 0 Å². The molecule has 706 valence electrons. The summed E-state index contributed by atoms with van der Waals surface area (Å²) >= 11 is 0. The highest BCUT2D eigenvalue weighted by atomic mass is 16.3. The SMILES string of the molecule is CC1(C)c2ccccc2-c2c(-c3cccc(-n4c5ccccc5c5cc6c7ccccc7n(-c7ccccc7)c6cc54)c3)nc(-c3ccccc3)nc21.CC1(C)c2ccccc2-c2c(-c3ccccc3-n3c4ccccc4c4cc5c(cc43)oc3ccccc35)nc(-c3ccccc3)nc21.CC1(C)c2ccccc2-c2cc3c4ccccc4n(-c4cccc(-c5nc(-c6ccccc6)nc6c5-c5ccccc5C6(C)C)c4)c3cc21. The summed E-state index contributed by atoms with van der Waals surface area (Å²) in [5.74, 6) is 2.25. The van der Waals surface area contributed by atoms with Crippen molar-refractivity contribution in [3.8, 4) is 135 Å². The smallest absolute Gasteiger partial charge is 0.160 e. The van der Waals surface area contributed by atoms with Crippen molar-refractivity contribution in [2.75, 3.05) is 0 Å². The van der Waals surface area contributed by atoms with Gasteiger partial charge < -0.3 is 22.7 Å². The van der Waals surface area contributed by atoms with Crippen molar-refractivity contribution in [3.05, 3.63) is 494 Å². The molecule has 31 rings (SSSR count). The second-order valence-electron chi connectivity index (χ2n) is 42.3. The zero-order valence-corrected chi connectivity index (χ0v) is 83.6. The van der Waals surface area contributed by atoms with E-state index in [9.17, 15) is 0 Å². The molecule has 8 aromatic heterocycles. The van der Waals surface area contributed by atoms with E-state index in [1.165, 1.54) is 132 Å². The lowest BCUT2D eigenvalue weighted by atomic mass is 9.82. The molecule has 0 bridgehead atoms. The molecule has 0 spiro atoms. The zero-order valence-electron chi connectivity index (χ0n) is 83.6. The summed E-state index contributed by atoms with van der Waals surface area (Å²) in [7, 11) is 0. The molecule has 0 saturated carbocycles. The van der Waals surface area contributed by atoms with Crippen LogP contribution in [0.3, 0.4) is 0 Å². The van der Waals surface area contributed by atoms with E-state index in [1.807, 2.05) is 30.3 Å². The van der Waals surface area contributed by atoms with Crippen LogP contribution in [0, 0.1) is 0 Å². The van der Waals surface area contributed by atoms with Crippen molar-refractivity contribution in [2.45, 2.75) is 77.0 Å². The van der Waals surface area contributed by atoms with Gasteiger partial charge in [-0.3, -0.25) is 0 Å². The Hall–Kier alpha value is -18.6. The Morgan fingerprint density at radius 2 is 0.503 bits per heavy atom. The van der Waals surface area contributed by atoms with Crippen molar-refractivity contribution in [3.63, 3.8) is 0 Å². The fraction of sp³-hybridized carbons (Fsp3) is 0.0870. The van der Waals surface area contributed by atoms with Gasteiger partial charge in [-0.1, -0.05) is 395 Å². The fourth-order valence-corrected chi connectivity index (χ4v) is 25.3. The second-order valence-corrected chi connectivity index (χ2v) is 42.3. The van der Waals surface area contributed by atoms with Crippen molar-refractivity contribution in [1.29, 1.82) is 0 Å². The number of hydrogen-bond acceptors (Lipinski definition) is 7. The fourth-order valence-electron chi connectivity index (χ4n) is 25.3. The molecule has 0 unspecified atom stereocenters. The number of fused-ring (bicyclic) bond motifs is 27. The molecule has 0 aliphatic heterocycles. The van der Waals surface area contributed by atoms with Gasteiger partial charge in [0.2, 0.25) is 0 Å². The minimum Gasteiger partial charge on any atom is -0.456 e. The van der Waals surface area contributed by atoms with E-state index >= 15 is 0 Å². The summed E-state index contributed by atoms with van der Waals surface area (Å²) < 4.78 is 16.1. The van der Waals surface area contributed by atoms with E-state index in [4.69, 9.17) is 34.3 Å². The number of para-hydroxylation sites is 7. The first-order valence-corrected chi connectivity index (χ1v) is 51.5. The minimum absolute atomic E-state index is 0.0845. The standard InChI is InChI=1S/C49H34N4.C46H35N3.C43H29N3O/c1-49(2)40-25-12-9-24-37(40)45-46(50-48(51-47(45)49)31-16-5-3-6-17-31)32-18-15-21-34(28-32)53-42-27-14-11-23-36(42)39-29-38-35-22-10-13-26-41(35)52(43(38)30-44(39)53)33-19-7-4-8-20-33;1-45(2)36-22-11-8-19-31(36)34-26-35-32-20-10-13-24-39(32)49(40(35)27-38(34)45)30-18-14-17-29(25-30)42-41-33-21-9-12-23-37(33)46(3,4)43(41)48-44(47-42)28-15-6-5-7-16-28;1-43(2)33-20-10-6-18-29(33)39-40(44-42(45-41(39)43)26-14-4-3-5-15-26)30-19-8-12-22-35(30)46-34-21-11-7-16-27(34)31-24-32-28-17-9-13-23-37(28)47-38(32)25-36(31)46/h3-30H,1-2H3;5-27H,1-4H3;3-25H,1-2H3. The van der Waals surface area contributed by atoms with E-state index in [0.717, 1.165) is 157 Å². The Morgan fingerprint density at radius 3 is 0.966 bits per heavy atom. The molecule has 11 nitrogen and oxygen atoms in total. The van der Waals surface area contributed by atoms with Gasteiger partial charge in [0.25, 0.3) is 0 Å². The average molecular weight is 1910 g/mol. The Labute approximate surface area is 861 Å². The number of aromatic nitrogens is 10. The second kappa shape index (κ2) is 33.0. The van der Waals surface area contributed by atoms with Crippen molar-refractivity contribution >= 4 is 109 Å². The summed E-state index contributed by atoms with van der Waals surface area (Å²) in [6.07, 6.45) is 0. The normalized spacial score (nSPS) is 13.9. The Bertz CT molecular complexity index is 10300. The average Bonchev–Trinajstić information content (AvgIpc) is 1.56. The van der Waals surface area contributed by atoms with E-state index in [1.54, 1.807) is 0 Å². The molecule has 19 aromatic carbocycles. The molecular weight excluding hydrogens is 1810 g/mol. The minimum atomic E-state index is -0.276. The monoisotopic (exact) mass is 1910 g/mol. The van der Waals surface area contributed by atoms with Gasteiger partial charge in [0.1, 0.15) is 11.2 Å². The first-order valence-electron chi connectivity index (χ1n) is 51.5. The Morgan fingerprint density at radius 1 is 0.181 bits per heavy atom. The highest BCUT2D eigenvalue weighted by molar-refractivity contribution is 6.21. The molecule has 0 radical (unpaired) electrons. The first kappa shape index (κ1) is 87.0. The van der Waals surface area contributed by atoms with E-state index < -0.39 is 0 Å². The molecule has 0 saturated heterocycles. The van der Waals surface area contributed by atoms with Crippen LogP contribution in [0.4, 0.5) is 0 Å². The Balaban J connectivity index is 0.000000105. The number of hydrogen-bond donors (Lipinski definition) is 0. The molecule has 27 aromatic rings. The summed E-state index contributed by atoms with van der Waals surface area (Å²) in [4.78, 5) is 32.0. The van der Waals surface area contributed by atoms with Crippen LogP contribution in [0.2, 0.25) is 0 Å². The van der Waals surface area contributed by atoms with Crippen LogP contribution in [-0.4, -0.2) is 48.2 Å². The third kappa shape index (κ3) is 13.2. The first-order chi connectivity index (χ1) is 73.0. The van der Waals surface area contributed by atoms with Gasteiger partial charge in [-0.05, 0) is 159 Å². The topological polar surface area (TPSA) is 110 Å². The predicted octanol–water partition coefficient (Wildman–Crippen LogP) is 34.9. The quantitative estimate of drug-likeness (QED) is 0.134. The van der Waals surface area contributed by atoms with Crippen molar-refractivity contribution < 1.29 is 4.42 Å². The van der Waals surface area contributed by atoms with Crippen molar-refractivity contribution in [1.82, 2.24) is 48.2 Å².